The molecule has 0 amide bonds. The van der Waals surface area contributed by atoms with Crippen LogP contribution in [0.5, 0.6) is 5.75 Å². The zero-order chi connectivity index (χ0) is 15.8. The summed E-state index contributed by atoms with van der Waals surface area (Å²) in [6.07, 6.45) is 0. The van der Waals surface area contributed by atoms with Crippen molar-refractivity contribution in [3.63, 3.8) is 0 Å². The summed E-state index contributed by atoms with van der Waals surface area (Å²) in [5, 5.41) is 2.29. The van der Waals surface area contributed by atoms with E-state index in [-0.39, 0.29) is 13.2 Å². The smallest absolute Gasteiger partial charge is 0.374 e. The molecule has 2 rings (SSSR count). The van der Waals surface area contributed by atoms with Gasteiger partial charge in [0.1, 0.15) is 19.0 Å². The summed E-state index contributed by atoms with van der Waals surface area (Å²) in [5.41, 5.74) is 0. The molecule has 0 unspecified atom stereocenters. The summed E-state index contributed by atoms with van der Waals surface area (Å²) in [5.74, 6) is -0.666. The Morgan fingerprint density at radius 2 is 1.64 bits per heavy atom. The number of rotatable bonds is 8. The lowest BCUT2D eigenvalue weighted by molar-refractivity contribution is -0.154. The van der Waals surface area contributed by atoms with Crippen molar-refractivity contribution in [2.24, 2.45) is 0 Å². The van der Waals surface area contributed by atoms with E-state index in [2.05, 4.69) is 4.74 Å². The summed E-state index contributed by atoms with van der Waals surface area (Å²) >= 11 is 0. The van der Waals surface area contributed by atoms with Crippen LogP contribution in [0, 0.1) is 0 Å². The second kappa shape index (κ2) is 8.14. The molecule has 0 fully saturated rings. The number of ketones is 1. The molecule has 5 nitrogen and oxygen atoms in total. The van der Waals surface area contributed by atoms with Crippen LogP contribution in [0.25, 0.3) is 10.8 Å². The number of carbonyl (C=O) groups is 2. The lowest BCUT2D eigenvalue weighted by Gasteiger charge is -2.08. The Balaban J connectivity index is 1.64. The van der Waals surface area contributed by atoms with Crippen molar-refractivity contribution in [2.45, 2.75) is 6.92 Å². The average Bonchev–Trinajstić information content (AvgIpc) is 2.53. The fourth-order valence-electron chi connectivity index (χ4n) is 1.87. The maximum atomic E-state index is 10.9. The molecule has 0 atom stereocenters. The van der Waals surface area contributed by atoms with Crippen molar-refractivity contribution in [3.05, 3.63) is 42.5 Å². The van der Waals surface area contributed by atoms with E-state index in [0.717, 1.165) is 11.1 Å². The highest BCUT2D eigenvalue weighted by atomic mass is 16.6. The highest BCUT2D eigenvalue weighted by Gasteiger charge is 2.07. The minimum atomic E-state index is -0.837. The zero-order valence-corrected chi connectivity index (χ0v) is 12.4. The highest BCUT2D eigenvalue weighted by molar-refractivity contribution is 6.32. The molecule has 0 aromatic heterocycles. The van der Waals surface area contributed by atoms with Gasteiger partial charge in [-0.15, -0.1) is 0 Å². The molecular formula is C17H18O5. The van der Waals surface area contributed by atoms with Crippen LogP contribution in [0.3, 0.4) is 0 Å². The largest absolute Gasteiger partial charge is 0.491 e. The van der Waals surface area contributed by atoms with Crippen LogP contribution in [-0.4, -0.2) is 38.2 Å². The standard InChI is InChI=1S/C17H18O5/c1-13(18)17(19)22-11-9-20-8-10-21-16-7-6-14-4-2-3-5-15(14)12-16/h2-7,12H,8-11H2,1H3. The lowest BCUT2D eigenvalue weighted by Crippen LogP contribution is -2.18. The Morgan fingerprint density at radius 3 is 2.41 bits per heavy atom. The molecule has 0 heterocycles. The van der Waals surface area contributed by atoms with E-state index in [1.54, 1.807) is 0 Å². The van der Waals surface area contributed by atoms with Gasteiger partial charge in [-0.25, -0.2) is 4.79 Å². The molecule has 22 heavy (non-hydrogen) atoms. The van der Waals surface area contributed by atoms with Crippen LogP contribution in [0.4, 0.5) is 0 Å². The van der Waals surface area contributed by atoms with Crippen LogP contribution < -0.4 is 4.74 Å². The first-order chi connectivity index (χ1) is 10.7. The van der Waals surface area contributed by atoms with Crippen LogP contribution in [-0.2, 0) is 19.1 Å². The van der Waals surface area contributed by atoms with Gasteiger partial charge in [0, 0.05) is 6.92 Å². The molecule has 116 valence electrons. The number of hydrogen-bond acceptors (Lipinski definition) is 5. The molecule has 0 aliphatic heterocycles. The molecule has 2 aromatic rings. The molecule has 0 radical (unpaired) electrons. The molecule has 2 aromatic carbocycles. The van der Waals surface area contributed by atoms with Gasteiger partial charge in [0.15, 0.2) is 0 Å². The Labute approximate surface area is 128 Å². The Bertz CT molecular complexity index is 650. The minimum Gasteiger partial charge on any atom is -0.491 e. The molecular weight excluding hydrogens is 284 g/mol. The maximum absolute atomic E-state index is 10.9. The average molecular weight is 302 g/mol. The van der Waals surface area contributed by atoms with Gasteiger partial charge in [-0.3, -0.25) is 4.79 Å². The van der Waals surface area contributed by atoms with Gasteiger partial charge in [0.25, 0.3) is 0 Å². The highest BCUT2D eigenvalue weighted by Crippen LogP contribution is 2.20. The first-order valence-corrected chi connectivity index (χ1v) is 7.04. The van der Waals surface area contributed by atoms with E-state index >= 15 is 0 Å². The fourth-order valence-corrected chi connectivity index (χ4v) is 1.87. The van der Waals surface area contributed by atoms with Crippen molar-refractivity contribution in [1.82, 2.24) is 0 Å². The predicted molar refractivity (Wildman–Crippen MR) is 81.9 cm³/mol. The Hall–Kier alpha value is -2.40. The van der Waals surface area contributed by atoms with Crippen LogP contribution in [0.15, 0.2) is 42.5 Å². The van der Waals surface area contributed by atoms with Crippen molar-refractivity contribution in [2.75, 3.05) is 26.4 Å². The number of benzene rings is 2. The normalized spacial score (nSPS) is 10.4. The van der Waals surface area contributed by atoms with Gasteiger partial charge >= 0.3 is 5.97 Å². The van der Waals surface area contributed by atoms with E-state index in [1.165, 1.54) is 12.3 Å². The van der Waals surface area contributed by atoms with Gasteiger partial charge in [-0.2, -0.15) is 0 Å². The number of fused-ring (bicyclic) bond motifs is 1. The molecule has 0 bridgehead atoms. The van der Waals surface area contributed by atoms with Crippen LogP contribution >= 0.6 is 0 Å². The van der Waals surface area contributed by atoms with E-state index in [4.69, 9.17) is 9.47 Å². The third kappa shape index (κ3) is 4.86. The third-order valence-electron chi connectivity index (χ3n) is 2.97. The summed E-state index contributed by atoms with van der Waals surface area (Å²) in [6.45, 7) is 2.25. The van der Waals surface area contributed by atoms with Gasteiger partial charge in [0.2, 0.25) is 5.78 Å². The van der Waals surface area contributed by atoms with Crippen molar-refractivity contribution >= 4 is 22.5 Å². The SMILES string of the molecule is CC(=O)C(=O)OCCOCCOc1ccc2ccccc2c1. The summed E-state index contributed by atoms with van der Waals surface area (Å²) in [7, 11) is 0. The molecule has 5 heteroatoms. The van der Waals surface area contributed by atoms with E-state index in [0.29, 0.717) is 13.2 Å². The minimum absolute atomic E-state index is 0.0639. The molecule has 0 saturated carbocycles. The van der Waals surface area contributed by atoms with Gasteiger partial charge in [0.05, 0.1) is 13.2 Å². The maximum Gasteiger partial charge on any atom is 0.374 e. The molecule has 0 N–H and O–H groups in total. The molecule has 0 aliphatic carbocycles. The second-order valence-corrected chi connectivity index (χ2v) is 4.66. The Morgan fingerprint density at radius 1 is 0.909 bits per heavy atom. The third-order valence-corrected chi connectivity index (χ3v) is 2.97. The van der Waals surface area contributed by atoms with E-state index < -0.39 is 11.8 Å². The van der Waals surface area contributed by atoms with Crippen molar-refractivity contribution in [3.8, 4) is 5.75 Å². The quantitative estimate of drug-likeness (QED) is 0.425. The number of esters is 1. The monoisotopic (exact) mass is 302 g/mol. The number of Topliss-reactive ketones (excluding diaryl/α,β-unsaturated/α-hetero) is 1. The van der Waals surface area contributed by atoms with Crippen LogP contribution in [0.2, 0.25) is 0 Å². The topological polar surface area (TPSA) is 61.8 Å². The summed E-state index contributed by atoms with van der Waals surface area (Å²) < 4.78 is 15.5. The zero-order valence-electron chi connectivity index (χ0n) is 12.4. The fraction of sp³-hybridized carbons (Fsp3) is 0.294. The van der Waals surface area contributed by atoms with Crippen molar-refractivity contribution < 1.29 is 23.8 Å². The van der Waals surface area contributed by atoms with E-state index in [9.17, 15) is 9.59 Å². The molecule has 0 spiro atoms. The first-order valence-electron chi connectivity index (χ1n) is 7.04. The lowest BCUT2D eigenvalue weighted by atomic mass is 10.1. The van der Waals surface area contributed by atoms with Gasteiger partial charge < -0.3 is 14.2 Å². The number of hydrogen-bond donors (Lipinski definition) is 0. The summed E-state index contributed by atoms with van der Waals surface area (Å²) in [4.78, 5) is 21.5. The van der Waals surface area contributed by atoms with Crippen LogP contribution in [0.1, 0.15) is 6.92 Å². The van der Waals surface area contributed by atoms with Gasteiger partial charge in [-0.1, -0.05) is 30.3 Å². The first kappa shape index (κ1) is 16.0. The van der Waals surface area contributed by atoms with E-state index in [1.807, 2.05) is 42.5 Å². The van der Waals surface area contributed by atoms with Gasteiger partial charge in [-0.05, 0) is 22.9 Å². The molecule has 0 aliphatic rings. The molecule has 0 saturated heterocycles. The number of ether oxygens (including phenoxy) is 3. The predicted octanol–water partition coefficient (Wildman–Crippen LogP) is 2.37. The van der Waals surface area contributed by atoms with Crippen molar-refractivity contribution in [1.29, 1.82) is 0 Å². The summed E-state index contributed by atoms with van der Waals surface area (Å²) in [6, 6.07) is 14.0. The number of carbonyl (C=O) groups excluding carboxylic acids is 2. The Kier molecular flexibility index (Phi) is 5.91. The second-order valence-electron chi connectivity index (χ2n) is 4.66.